The first-order valence-corrected chi connectivity index (χ1v) is 9.31. The lowest BCUT2D eigenvalue weighted by Crippen LogP contribution is -2.50. The third kappa shape index (κ3) is 3.89. The molecule has 7 heteroatoms. The smallest absolute Gasteiger partial charge is 0.289 e. The summed E-state index contributed by atoms with van der Waals surface area (Å²) in [5.74, 6) is 0.181. The van der Waals surface area contributed by atoms with Gasteiger partial charge in [0.15, 0.2) is 5.76 Å². The standard InChI is InChI=1S/C21H22N4O3/c1-15-13-18(16-5-2-3-6-17(16)22-15)23-20(26)14-24-8-10-25(11-9-24)21(27)19-7-4-12-28-19/h2-7,12-13H,8-11,14H2,1H3,(H,22,23,26). The molecule has 0 spiro atoms. The number of nitrogens with zero attached hydrogens (tertiary/aromatic N) is 3. The van der Waals surface area contributed by atoms with Crippen LogP contribution in [0.25, 0.3) is 10.9 Å². The number of benzene rings is 1. The predicted molar refractivity (Wildman–Crippen MR) is 106 cm³/mol. The highest BCUT2D eigenvalue weighted by Crippen LogP contribution is 2.23. The van der Waals surface area contributed by atoms with Crippen LogP contribution in [-0.2, 0) is 4.79 Å². The van der Waals surface area contributed by atoms with Gasteiger partial charge in [-0.15, -0.1) is 0 Å². The number of hydrogen-bond donors (Lipinski definition) is 1. The van der Waals surface area contributed by atoms with Crippen molar-refractivity contribution in [3.05, 3.63) is 60.2 Å². The number of rotatable bonds is 4. The highest BCUT2D eigenvalue weighted by Gasteiger charge is 2.24. The van der Waals surface area contributed by atoms with Crippen LogP contribution < -0.4 is 5.32 Å². The third-order valence-corrected chi connectivity index (χ3v) is 4.88. The first-order chi connectivity index (χ1) is 13.6. The lowest BCUT2D eigenvalue weighted by molar-refractivity contribution is -0.117. The molecule has 28 heavy (non-hydrogen) atoms. The molecule has 0 radical (unpaired) electrons. The summed E-state index contributed by atoms with van der Waals surface area (Å²) in [6, 6.07) is 13.0. The SMILES string of the molecule is Cc1cc(NC(=O)CN2CCN(C(=O)c3ccco3)CC2)c2ccccc2n1. The molecule has 1 aliphatic rings. The Labute approximate surface area is 162 Å². The van der Waals surface area contributed by atoms with E-state index in [1.807, 2.05) is 37.3 Å². The molecule has 0 bridgehead atoms. The average Bonchev–Trinajstić information content (AvgIpc) is 3.22. The van der Waals surface area contributed by atoms with Crippen molar-refractivity contribution in [3.8, 4) is 0 Å². The monoisotopic (exact) mass is 378 g/mol. The van der Waals surface area contributed by atoms with Crippen LogP contribution in [0.4, 0.5) is 5.69 Å². The third-order valence-electron chi connectivity index (χ3n) is 4.88. The van der Waals surface area contributed by atoms with Crippen LogP contribution in [0.15, 0.2) is 53.1 Å². The maximum Gasteiger partial charge on any atom is 0.289 e. The van der Waals surface area contributed by atoms with Gasteiger partial charge in [0.2, 0.25) is 5.91 Å². The Bertz CT molecular complexity index is 992. The largest absolute Gasteiger partial charge is 0.459 e. The predicted octanol–water partition coefficient (Wildman–Crippen LogP) is 2.53. The molecule has 1 saturated heterocycles. The van der Waals surface area contributed by atoms with Crippen LogP contribution in [0.3, 0.4) is 0 Å². The van der Waals surface area contributed by atoms with Gasteiger partial charge in [0.25, 0.3) is 5.91 Å². The fourth-order valence-electron chi connectivity index (χ4n) is 3.47. The summed E-state index contributed by atoms with van der Waals surface area (Å²) in [6.45, 7) is 4.65. The lowest BCUT2D eigenvalue weighted by atomic mass is 10.1. The van der Waals surface area contributed by atoms with Crippen LogP contribution in [-0.4, -0.2) is 59.3 Å². The Morgan fingerprint density at radius 3 is 2.64 bits per heavy atom. The van der Waals surface area contributed by atoms with E-state index >= 15 is 0 Å². The number of para-hydroxylation sites is 1. The Kier molecular flexibility index (Phi) is 5.08. The lowest BCUT2D eigenvalue weighted by Gasteiger charge is -2.33. The zero-order valence-corrected chi connectivity index (χ0v) is 15.7. The van der Waals surface area contributed by atoms with E-state index < -0.39 is 0 Å². The molecule has 0 saturated carbocycles. The van der Waals surface area contributed by atoms with Crippen molar-refractivity contribution in [3.63, 3.8) is 0 Å². The summed E-state index contributed by atoms with van der Waals surface area (Å²) >= 11 is 0. The van der Waals surface area contributed by atoms with E-state index in [-0.39, 0.29) is 11.8 Å². The van der Waals surface area contributed by atoms with Crippen molar-refractivity contribution in [2.24, 2.45) is 0 Å². The molecule has 1 fully saturated rings. The summed E-state index contributed by atoms with van der Waals surface area (Å²) < 4.78 is 5.18. The van der Waals surface area contributed by atoms with Gasteiger partial charge in [-0.25, -0.2) is 0 Å². The van der Waals surface area contributed by atoms with Gasteiger partial charge in [0.1, 0.15) is 0 Å². The van der Waals surface area contributed by atoms with Gasteiger partial charge in [-0.1, -0.05) is 18.2 Å². The summed E-state index contributed by atoms with van der Waals surface area (Å²) in [5.41, 5.74) is 2.50. The first-order valence-electron chi connectivity index (χ1n) is 9.31. The van der Waals surface area contributed by atoms with E-state index in [4.69, 9.17) is 4.42 Å². The fourth-order valence-corrected chi connectivity index (χ4v) is 3.47. The number of piperazine rings is 1. The van der Waals surface area contributed by atoms with E-state index in [2.05, 4.69) is 15.2 Å². The quantitative estimate of drug-likeness (QED) is 0.755. The van der Waals surface area contributed by atoms with Crippen LogP contribution >= 0.6 is 0 Å². The van der Waals surface area contributed by atoms with Crippen LogP contribution in [0.2, 0.25) is 0 Å². The van der Waals surface area contributed by atoms with Gasteiger partial charge >= 0.3 is 0 Å². The number of furan rings is 1. The van der Waals surface area contributed by atoms with E-state index in [0.717, 1.165) is 22.3 Å². The second-order valence-electron chi connectivity index (χ2n) is 6.92. The molecular weight excluding hydrogens is 356 g/mol. The van der Waals surface area contributed by atoms with Crippen molar-refractivity contribution >= 4 is 28.4 Å². The molecule has 1 N–H and O–H groups in total. The Morgan fingerprint density at radius 2 is 1.89 bits per heavy atom. The second kappa shape index (κ2) is 7.82. The molecule has 144 valence electrons. The van der Waals surface area contributed by atoms with Crippen molar-refractivity contribution < 1.29 is 14.0 Å². The van der Waals surface area contributed by atoms with E-state index in [9.17, 15) is 9.59 Å². The number of carbonyl (C=O) groups excluding carboxylic acids is 2. The van der Waals surface area contributed by atoms with Gasteiger partial charge in [-0.2, -0.15) is 0 Å². The van der Waals surface area contributed by atoms with Gasteiger partial charge in [-0.05, 0) is 31.2 Å². The number of nitrogens with one attached hydrogen (secondary N) is 1. The molecule has 0 atom stereocenters. The minimum Gasteiger partial charge on any atom is -0.459 e. The van der Waals surface area contributed by atoms with Gasteiger partial charge < -0.3 is 14.6 Å². The molecular formula is C21H22N4O3. The minimum absolute atomic E-state index is 0.0680. The normalized spacial score (nSPS) is 15.0. The van der Waals surface area contributed by atoms with Crippen molar-refractivity contribution in [1.29, 1.82) is 0 Å². The number of pyridine rings is 1. The molecule has 3 heterocycles. The Balaban J connectivity index is 1.35. The minimum atomic E-state index is -0.104. The van der Waals surface area contributed by atoms with Crippen LogP contribution in [0.5, 0.6) is 0 Å². The fraction of sp³-hybridized carbons (Fsp3) is 0.286. The zero-order chi connectivity index (χ0) is 19.5. The maximum atomic E-state index is 12.6. The van der Waals surface area contributed by atoms with Gasteiger partial charge in [-0.3, -0.25) is 19.5 Å². The number of fused-ring (bicyclic) bond motifs is 1. The topological polar surface area (TPSA) is 78.7 Å². The van der Waals surface area contributed by atoms with Crippen molar-refractivity contribution in [2.45, 2.75) is 6.92 Å². The molecule has 0 aliphatic carbocycles. The molecule has 0 unspecified atom stereocenters. The Hall–Kier alpha value is -3.19. The maximum absolute atomic E-state index is 12.6. The number of carbonyl (C=O) groups is 2. The van der Waals surface area contributed by atoms with Gasteiger partial charge in [0, 0.05) is 37.3 Å². The highest BCUT2D eigenvalue weighted by molar-refractivity contribution is 6.01. The Morgan fingerprint density at radius 1 is 1.11 bits per heavy atom. The number of amides is 2. The summed E-state index contributed by atoms with van der Waals surface area (Å²) in [4.78, 5) is 33.2. The van der Waals surface area contributed by atoms with Crippen molar-refractivity contribution in [1.82, 2.24) is 14.8 Å². The molecule has 2 amide bonds. The summed E-state index contributed by atoms with van der Waals surface area (Å²) in [6.07, 6.45) is 1.50. The average molecular weight is 378 g/mol. The number of aryl methyl sites for hydroxylation is 1. The molecule has 1 aliphatic heterocycles. The molecule has 4 rings (SSSR count). The molecule has 2 aromatic heterocycles. The van der Waals surface area contributed by atoms with E-state index in [1.165, 1.54) is 6.26 Å². The van der Waals surface area contributed by atoms with Crippen molar-refractivity contribution in [2.75, 3.05) is 38.0 Å². The highest BCUT2D eigenvalue weighted by atomic mass is 16.3. The summed E-state index contributed by atoms with van der Waals surface area (Å²) in [5, 5.41) is 3.94. The van der Waals surface area contributed by atoms with Crippen LogP contribution in [0, 0.1) is 6.92 Å². The molecule has 1 aromatic carbocycles. The zero-order valence-electron chi connectivity index (χ0n) is 15.7. The second-order valence-corrected chi connectivity index (χ2v) is 6.92. The number of hydrogen-bond acceptors (Lipinski definition) is 5. The van der Waals surface area contributed by atoms with E-state index in [0.29, 0.717) is 38.5 Å². The number of anilines is 1. The summed E-state index contributed by atoms with van der Waals surface area (Å²) in [7, 11) is 0. The van der Waals surface area contributed by atoms with E-state index in [1.54, 1.807) is 17.0 Å². The van der Waals surface area contributed by atoms with Gasteiger partial charge in [0.05, 0.1) is 24.0 Å². The number of aromatic nitrogens is 1. The molecule has 3 aromatic rings. The first kappa shape index (κ1) is 18.2. The van der Waals surface area contributed by atoms with Crippen LogP contribution in [0.1, 0.15) is 16.2 Å². The molecule has 7 nitrogen and oxygen atoms in total.